The molecule has 0 amide bonds. The molecule has 0 aliphatic carbocycles. The van der Waals surface area contributed by atoms with Gasteiger partial charge in [0.1, 0.15) is 12.4 Å². The zero-order valence-corrected chi connectivity index (χ0v) is 13.4. The van der Waals surface area contributed by atoms with Gasteiger partial charge in [-0.1, -0.05) is 22.0 Å². The molecule has 0 fully saturated rings. The van der Waals surface area contributed by atoms with Gasteiger partial charge in [0.15, 0.2) is 0 Å². The summed E-state index contributed by atoms with van der Waals surface area (Å²) in [7, 11) is 4.11. The van der Waals surface area contributed by atoms with Crippen molar-refractivity contribution in [3.8, 4) is 5.75 Å². The van der Waals surface area contributed by atoms with Crippen molar-refractivity contribution in [3.05, 3.63) is 28.2 Å². The van der Waals surface area contributed by atoms with Crippen LogP contribution in [0, 0.1) is 0 Å². The number of benzene rings is 1. The van der Waals surface area contributed by atoms with E-state index in [0.717, 1.165) is 15.8 Å². The van der Waals surface area contributed by atoms with E-state index >= 15 is 0 Å². The largest absolute Gasteiger partial charge is 0.492 e. The molecule has 102 valence electrons. The molecule has 1 aromatic rings. The molecule has 0 radical (unpaired) electrons. The minimum absolute atomic E-state index is 0.00626. The van der Waals surface area contributed by atoms with E-state index in [1.165, 1.54) is 0 Å². The standard InChI is InChI=1S/C14H23BrN2O/c1-10(16)12-7-6-11(8-13(12)15)18-9-14(2,3)17(4)5/h6-8,10H,9,16H2,1-5H3. The first-order valence-electron chi connectivity index (χ1n) is 6.09. The van der Waals surface area contributed by atoms with Gasteiger partial charge in [0.05, 0.1) is 0 Å². The summed E-state index contributed by atoms with van der Waals surface area (Å²) < 4.78 is 6.83. The van der Waals surface area contributed by atoms with Crippen LogP contribution in [0.5, 0.6) is 5.75 Å². The van der Waals surface area contributed by atoms with Crippen molar-refractivity contribution in [2.24, 2.45) is 5.73 Å². The van der Waals surface area contributed by atoms with Gasteiger partial charge in [-0.25, -0.2) is 0 Å². The summed E-state index contributed by atoms with van der Waals surface area (Å²) >= 11 is 3.53. The SMILES string of the molecule is CC(N)c1ccc(OCC(C)(C)N(C)C)cc1Br. The Hall–Kier alpha value is -0.580. The number of nitrogens with zero attached hydrogens (tertiary/aromatic N) is 1. The number of hydrogen-bond acceptors (Lipinski definition) is 3. The van der Waals surface area contributed by atoms with Gasteiger partial charge in [-0.3, -0.25) is 0 Å². The summed E-state index contributed by atoms with van der Waals surface area (Å²) in [5.74, 6) is 0.862. The highest BCUT2D eigenvalue weighted by Gasteiger charge is 2.21. The van der Waals surface area contributed by atoms with Crippen molar-refractivity contribution in [2.45, 2.75) is 32.4 Å². The quantitative estimate of drug-likeness (QED) is 0.907. The molecule has 4 heteroatoms. The van der Waals surface area contributed by atoms with Crippen LogP contribution in [0.2, 0.25) is 0 Å². The van der Waals surface area contributed by atoms with E-state index in [-0.39, 0.29) is 11.6 Å². The molecule has 2 N–H and O–H groups in total. The average Bonchev–Trinajstić information content (AvgIpc) is 2.25. The molecule has 3 nitrogen and oxygen atoms in total. The van der Waals surface area contributed by atoms with Crippen molar-refractivity contribution in [1.82, 2.24) is 4.90 Å². The molecule has 1 aromatic carbocycles. The Morgan fingerprint density at radius 2 is 2.00 bits per heavy atom. The molecule has 0 aliphatic rings. The Morgan fingerprint density at radius 3 is 2.44 bits per heavy atom. The second-order valence-corrected chi connectivity index (χ2v) is 6.32. The molecule has 0 saturated carbocycles. The van der Waals surface area contributed by atoms with Gasteiger partial charge < -0.3 is 15.4 Å². The molecule has 0 aromatic heterocycles. The monoisotopic (exact) mass is 314 g/mol. The number of likely N-dealkylation sites (N-methyl/N-ethyl adjacent to an activating group) is 1. The fraction of sp³-hybridized carbons (Fsp3) is 0.571. The molecule has 0 heterocycles. The van der Waals surface area contributed by atoms with Crippen LogP contribution in [0.25, 0.3) is 0 Å². The first-order chi connectivity index (χ1) is 8.24. The van der Waals surface area contributed by atoms with Gasteiger partial charge in [0.25, 0.3) is 0 Å². The van der Waals surface area contributed by atoms with Crippen molar-refractivity contribution in [3.63, 3.8) is 0 Å². The predicted molar refractivity (Wildman–Crippen MR) is 80.0 cm³/mol. The third-order valence-electron chi connectivity index (χ3n) is 3.27. The highest BCUT2D eigenvalue weighted by Crippen LogP contribution is 2.27. The molecule has 1 unspecified atom stereocenters. The van der Waals surface area contributed by atoms with E-state index in [4.69, 9.17) is 10.5 Å². The smallest absolute Gasteiger partial charge is 0.120 e. The number of hydrogen-bond donors (Lipinski definition) is 1. The zero-order chi connectivity index (χ0) is 13.9. The van der Waals surface area contributed by atoms with Gasteiger partial charge >= 0.3 is 0 Å². The van der Waals surface area contributed by atoms with Crippen LogP contribution in [0.4, 0.5) is 0 Å². The first-order valence-corrected chi connectivity index (χ1v) is 6.88. The lowest BCUT2D eigenvalue weighted by Crippen LogP contribution is -2.43. The molecule has 0 aliphatic heterocycles. The number of rotatable bonds is 5. The Bertz CT molecular complexity index is 403. The van der Waals surface area contributed by atoms with E-state index in [2.05, 4.69) is 48.8 Å². The molecule has 0 saturated heterocycles. The summed E-state index contributed by atoms with van der Waals surface area (Å²) in [5, 5.41) is 0. The van der Waals surface area contributed by atoms with Gasteiger partial charge in [-0.05, 0) is 52.6 Å². The summed E-state index contributed by atoms with van der Waals surface area (Å²) in [5.41, 5.74) is 6.97. The van der Waals surface area contributed by atoms with Crippen molar-refractivity contribution >= 4 is 15.9 Å². The van der Waals surface area contributed by atoms with Crippen LogP contribution >= 0.6 is 15.9 Å². The van der Waals surface area contributed by atoms with E-state index in [1.807, 2.05) is 25.1 Å². The van der Waals surface area contributed by atoms with E-state index < -0.39 is 0 Å². The van der Waals surface area contributed by atoms with Crippen LogP contribution in [0.3, 0.4) is 0 Å². The zero-order valence-electron chi connectivity index (χ0n) is 11.8. The summed E-state index contributed by atoms with van der Waals surface area (Å²) in [6.45, 7) is 6.91. The Kier molecular flexibility index (Phi) is 5.20. The van der Waals surface area contributed by atoms with Crippen molar-refractivity contribution < 1.29 is 4.74 Å². The molecular formula is C14H23BrN2O. The fourth-order valence-electron chi connectivity index (χ4n) is 1.36. The van der Waals surface area contributed by atoms with Gasteiger partial charge in [-0.2, -0.15) is 0 Å². The second-order valence-electron chi connectivity index (χ2n) is 5.47. The average molecular weight is 315 g/mol. The molecule has 1 atom stereocenters. The molecule has 0 bridgehead atoms. The lowest BCUT2D eigenvalue weighted by Gasteiger charge is -2.32. The highest BCUT2D eigenvalue weighted by atomic mass is 79.9. The van der Waals surface area contributed by atoms with Crippen LogP contribution in [-0.2, 0) is 0 Å². The van der Waals surface area contributed by atoms with Crippen molar-refractivity contribution in [1.29, 1.82) is 0 Å². The van der Waals surface area contributed by atoms with Crippen molar-refractivity contribution in [2.75, 3.05) is 20.7 Å². The number of nitrogens with two attached hydrogens (primary N) is 1. The minimum Gasteiger partial charge on any atom is -0.492 e. The van der Waals surface area contributed by atoms with Gasteiger partial charge in [-0.15, -0.1) is 0 Å². The molecular weight excluding hydrogens is 292 g/mol. The maximum atomic E-state index is 5.87. The van der Waals surface area contributed by atoms with E-state index in [0.29, 0.717) is 6.61 Å². The lowest BCUT2D eigenvalue weighted by atomic mass is 10.1. The maximum Gasteiger partial charge on any atom is 0.120 e. The highest BCUT2D eigenvalue weighted by molar-refractivity contribution is 9.10. The van der Waals surface area contributed by atoms with Crippen LogP contribution < -0.4 is 10.5 Å². The third-order valence-corrected chi connectivity index (χ3v) is 3.95. The summed E-state index contributed by atoms with van der Waals surface area (Å²) in [6, 6.07) is 5.97. The normalized spacial score (nSPS) is 13.8. The fourth-order valence-corrected chi connectivity index (χ4v) is 2.07. The molecule has 0 spiro atoms. The minimum atomic E-state index is 0.00626. The number of halogens is 1. The molecule has 1 rings (SSSR count). The van der Waals surface area contributed by atoms with E-state index in [1.54, 1.807) is 0 Å². The first kappa shape index (κ1) is 15.5. The number of ether oxygens (including phenoxy) is 1. The molecule has 18 heavy (non-hydrogen) atoms. The van der Waals surface area contributed by atoms with Crippen LogP contribution in [0.15, 0.2) is 22.7 Å². The van der Waals surface area contributed by atoms with E-state index in [9.17, 15) is 0 Å². The maximum absolute atomic E-state index is 5.87. The summed E-state index contributed by atoms with van der Waals surface area (Å²) in [4.78, 5) is 2.15. The van der Waals surface area contributed by atoms with Crippen LogP contribution in [-0.4, -0.2) is 31.1 Å². The summed E-state index contributed by atoms with van der Waals surface area (Å²) in [6.07, 6.45) is 0. The second kappa shape index (κ2) is 6.04. The van der Waals surface area contributed by atoms with Gasteiger partial charge in [0, 0.05) is 16.1 Å². The topological polar surface area (TPSA) is 38.5 Å². The predicted octanol–water partition coefficient (Wildman–Crippen LogP) is 3.19. The van der Waals surface area contributed by atoms with Crippen LogP contribution in [0.1, 0.15) is 32.4 Å². The van der Waals surface area contributed by atoms with Gasteiger partial charge in [0.2, 0.25) is 0 Å². The third kappa shape index (κ3) is 3.97. The Labute approximate surface area is 118 Å². The Morgan fingerprint density at radius 1 is 1.39 bits per heavy atom. The Balaban J connectivity index is 2.73. The lowest BCUT2D eigenvalue weighted by molar-refractivity contribution is 0.114.